The third kappa shape index (κ3) is 5.44. The summed E-state index contributed by atoms with van der Waals surface area (Å²) in [6.07, 6.45) is 2.91. The summed E-state index contributed by atoms with van der Waals surface area (Å²) in [7, 11) is 0. The molecule has 6 nitrogen and oxygen atoms in total. The molecule has 0 radical (unpaired) electrons. The van der Waals surface area contributed by atoms with Gasteiger partial charge in [0.25, 0.3) is 5.91 Å². The molecule has 1 aromatic carbocycles. The van der Waals surface area contributed by atoms with Crippen molar-refractivity contribution in [2.24, 2.45) is 0 Å². The maximum absolute atomic E-state index is 12.7. The van der Waals surface area contributed by atoms with Gasteiger partial charge < -0.3 is 21.3 Å². The van der Waals surface area contributed by atoms with Gasteiger partial charge in [0, 0.05) is 62.2 Å². The lowest BCUT2D eigenvalue weighted by atomic mass is 10.0. The highest BCUT2D eigenvalue weighted by Gasteiger charge is 2.18. The molecule has 4 N–H and O–H groups in total. The first-order chi connectivity index (χ1) is 13.2. The first-order valence-electron chi connectivity index (χ1n) is 9.75. The van der Waals surface area contributed by atoms with Gasteiger partial charge in [-0.3, -0.25) is 4.79 Å². The quantitative estimate of drug-likeness (QED) is 0.655. The molecule has 3 rings (SSSR count). The zero-order chi connectivity index (χ0) is 19.1. The minimum atomic E-state index is 0.0980. The number of nitrogen functional groups attached to an aromatic ring is 1. The van der Waals surface area contributed by atoms with Gasteiger partial charge in [-0.1, -0.05) is 25.5 Å². The number of anilines is 2. The largest absolute Gasteiger partial charge is 0.385 e. The number of nitrogens with one attached hydrogen (secondary N) is 2. The lowest BCUT2D eigenvalue weighted by Gasteiger charge is -2.27. The normalized spacial score (nSPS) is 14.2. The number of hydrogen-bond acceptors (Lipinski definition) is 5. The van der Waals surface area contributed by atoms with Crippen molar-refractivity contribution in [3.63, 3.8) is 0 Å². The Morgan fingerprint density at radius 1 is 1.26 bits per heavy atom. The molecule has 0 atom stereocenters. The standard InChI is InChI=1S/C21H29N5O/c1-2-3-7-24-18-14-19(25-20(22)15-18)13-16-5-4-6-17(12-16)21(27)26-10-8-23-9-11-26/h4-6,12,14-15,23H,2-3,7-11,13H2,1H3,(H3,22,24,25). The number of unbranched alkanes of at least 4 members (excludes halogenated alkanes) is 1. The van der Waals surface area contributed by atoms with E-state index in [1.165, 1.54) is 0 Å². The van der Waals surface area contributed by atoms with E-state index in [4.69, 9.17) is 5.73 Å². The van der Waals surface area contributed by atoms with E-state index < -0.39 is 0 Å². The molecule has 1 amide bonds. The Labute approximate surface area is 161 Å². The van der Waals surface area contributed by atoms with Gasteiger partial charge >= 0.3 is 0 Å². The number of aromatic nitrogens is 1. The molecule has 2 heterocycles. The Morgan fingerprint density at radius 2 is 2.07 bits per heavy atom. The van der Waals surface area contributed by atoms with Crippen molar-refractivity contribution in [3.05, 3.63) is 53.2 Å². The Kier molecular flexibility index (Phi) is 6.65. The molecule has 0 aliphatic carbocycles. The van der Waals surface area contributed by atoms with E-state index in [0.717, 1.165) is 68.1 Å². The van der Waals surface area contributed by atoms with Gasteiger partial charge in [0.15, 0.2) is 0 Å². The number of nitrogens with two attached hydrogens (primary N) is 1. The van der Waals surface area contributed by atoms with Crippen LogP contribution < -0.4 is 16.4 Å². The number of carbonyl (C=O) groups excluding carboxylic acids is 1. The van der Waals surface area contributed by atoms with Crippen LogP contribution in [0.15, 0.2) is 36.4 Å². The van der Waals surface area contributed by atoms with Crippen molar-refractivity contribution in [2.45, 2.75) is 26.2 Å². The van der Waals surface area contributed by atoms with E-state index in [0.29, 0.717) is 12.2 Å². The Balaban J connectivity index is 1.71. The van der Waals surface area contributed by atoms with Crippen LogP contribution in [0.4, 0.5) is 11.5 Å². The number of rotatable bonds is 7. The molecule has 0 spiro atoms. The van der Waals surface area contributed by atoms with Gasteiger partial charge in [0.05, 0.1) is 0 Å². The van der Waals surface area contributed by atoms with E-state index in [-0.39, 0.29) is 5.91 Å². The number of pyridine rings is 1. The minimum Gasteiger partial charge on any atom is -0.385 e. The molecule has 144 valence electrons. The van der Waals surface area contributed by atoms with E-state index in [1.807, 2.05) is 41.3 Å². The highest BCUT2D eigenvalue weighted by atomic mass is 16.2. The fraction of sp³-hybridized carbons (Fsp3) is 0.429. The lowest BCUT2D eigenvalue weighted by Crippen LogP contribution is -2.46. The van der Waals surface area contributed by atoms with Crippen molar-refractivity contribution in [1.82, 2.24) is 15.2 Å². The van der Waals surface area contributed by atoms with Crippen LogP contribution in [0.3, 0.4) is 0 Å². The summed E-state index contributed by atoms with van der Waals surface area (Å²) in [4.78, 5) is 19.1. The number of carbonyl (C=O) groups is 1. The first kappa shape index (κ1) is 19.2. The minimum absolute atomic E-state index is 0.0980. The summed E-state index contributed by atoms with van der Waals surface area (Å²) >= 11 is 0. The van der Waals surface area contributed by atoms with Gasteiger partial charge in [0.2, 0.25) is 0 Å². The monoisotopic (exact) mass is 367 g/mol. The molecule has 0 saturated carbocycles. The zero-order valence-corrected chi connectivity index (χ0v) is 16.0. The maximum atomic E-state index is 12.7. The highest BCUT2D eigenvalue weighted by Crippen LogP contribution is 2.18. The Morgan fingerprint density at radius 3 is 2.85 bits per heavy atom. The topological polar surface area (TPSA) is 83.3 Å². The van der Waals surface area contributed by atoms with Crippen molar-refractivity contribution in [1.29, 1.82) is 0 Å². The van der Waals surface area contributed by atoms with E-state index in [9.17, 15) is 4.79 Å². The second-order valence-corrected chi connectivity index (χ2v) is 6.97. The molecule has 1 fully saturated rings. The third-order valence-electron chi connectivity index (χ3n) is 4.72. The summed E-state index contributed by atoms with van der Waals surface area (Å²) in [5.41, 5.74) is 9.68. The predicted molar refractivity (Wildman–Crippen MR) is 110 cm³/mol. The van der Waals surface area contributed by atoms with E-state index >= 15 is 0 Å². The molecule has 1 saturated heterocycles. The molecule has 0 unspecified atom stereocenters. The van der Waals surface area contributed by atoms with Crippen LogP contribution in [0.1, 0.15) is 41.4 Å². The van der Waals surface area contributed by atoms with Gasteiger partial charge in [-0.15, -0.1) is 0 Å². The second kappa shape index (κ2) is 9.37. The van der Waals surface area contributed by atoms with Crippen LogP contribution in [-0.2, 0) is 6.42 Å². The molecule has 6 heteroatoms. The maximum Gasteiger partial charge on any atom is 0.253 e. The van der Waals surface area contributed by atoms with Crippen LogP contribution in [0.2, 0.25) is 0 Å². The molecule has 0 bridgehead atoms. The molecule has 2 aromatic rings. The molecular weight excluding hydrogens is 338 g/mol. The van der Waals surface area contributed by atoms with E-state index in [1.54, 1.807) is 0 Å². The van der Waals surface area contributed by atoms with Gasteiger partial charge in [0.1, 0.15) is 5.82 Å². The van der Waals surface area contributed by atoms with Crippen LogP contribution in [-0.4, -0.2) is 48.5 Å². The van der Waals surface area contributed by atoms with Gasteiger partial charge in [-0.05, 0) is 30.2 Å². The number of hydrogen-bond donors (Lipinski definition) is 3. The fourth-order valence-electron chi connectivity index (χ4n) is 3.29. The SMILES string of the molecule is CCCCNc1cc(N)nc(Cc2cccc(C(=O)N3CCNCC3)c2)c1. The smallest absolute Gasteiger partial charge is 0.253 e. The van der Waals surface area contributed by atoms with Crippen molar-refractivity contribution < 1.29 is 4.79 Å². The van der Waals surface area contributed by atoms with Crippen LogP contribution in [0.25, 0.3) is 0 Å². The average Bonchev–Trinajstić information content (AvgIpc) is 2.68. The molecular formula is C21H29N5O. The van der Waals surface area contributed by atoms with Crippen molar-refractivity contribution in [3.8, 4) is 0 Å². The highest BCUT2D eigenvalue weighted by molar-refractivity contribution is 5.94. The van der Waals surface area contributed by atoms with Gasteiger partial charge in [-0.2, -0.15) is 0 Å². The van der Waals surface area contributed by atoms with Crippen LogP contribution >= 0.6 is 0 Å². The van der Waals surface area contributed by atoms with Crippen LogP contribution in [0, 0.1) is 0 Å². The first-order valence-corrected chi connectivity index (χ1v) is 9.75. The Hall–Kier alpha value is -2.60. The zero-order valence-electron chi connectivity index (χ0n) is 16.0. The van der Waals surface area contributed by atoms with Gasteiger partial charge in [-0.25, -0.2) is 4.98 Å². The second-order valence-electron chi connectivity index (χ2n) is 6.97. The number of amides is 1. The predicted octanol–water partition coefficient (Wildman–Crippen LogP) is 2.51. The number of piperazine rings is 1. The fourth-order valence-corrected chi connectivity index (χ4v) is 3.29. The average molecular weight is 367 g/mol. The summed E-state index contributed by atoms with van der Waals surface area (Å²) in [6, 6.07) is 11.7. The number of benzene rings is 1. The van der Waals surface area contributed by atoms with Crippen LogP contribution in [0.5, 0.6) is 0 Å². The summed E-state index contributed by atoms with van der Waals surface area (Å²) in [5, 5.41) is 6.67. The molecule has 1 aliphatic heterocycles. The number of nitrogens with zero attached hydrogens (tertiary/aromatic N) is 2. The molecule has 1 aliphatic rings. The van der Waals surface area contributed by atoms with E-state index in [2.05, 4.69) is 22.5 Å². The van der Waals surface area contributed by atoms with Crippen molar-refractivity contribution in [2.75, 3.05) is 43.8 Å². The molecule has 1 aromatic heterocycles. The summed E-state index contributed by atoms with van der Waals surface area (Å²) in [5.74, 6) is 0.611. The Bertz CT molecular complexity index is 771. The van der Waals surface area contributed by atoms with Crippen molar-refractivity contribution >= 4 is 17.4 Å². The molecule has 27 heavy (non-hydrogen) atoms. The third-order valence-corrected chi connectivity index (χ3v) is 4.72. The lowest BCUT2D eigenvalue weighted by molar-refractivity contribution is 0.0735. The summed E-state index contributed by atoms with van der Waals surface area (Å²) < 4.78 is 0. The summed E-state index contributed by atoms with van der Waals surface area (Å²) in [6.45, 7) is 6.31.